The van der Waals surface area contributed by atoms with E-state index in [0.717, 1.165) is 50.4 Å². The largest absolute Gasteiger partial charge is 0.475 e. The molecule has 13 heteroatoms. The van der Waals surface area contributed by atoms with Gasteiger partial charge in [-0.1, -0.05) is 38.8 Å². The average Bonchev–Trinajstić information content (AvgIpc) is 3.78. The molecule has 2 aromatic heterocycles. The van der Waals surface area contributed by atoms with Crippen LogP contribution in [0.4, 0.5) is 11.4 Å². The Morgan fingerprint density at radius 3 is 1.37 bits per heavy atom. The van der Waals surface area contributed by atoms with Gasteiger partial charge in [-0.3, -0.25) is 0 Å². The summed E-state index contributed by atoms with van der Waals surface area (Å²) in [6.07, 6.45) is 12.3. The van der Waals surface area contributed by atoms with Crippen molar-refractivity contribution < 1.29 is 36.5 Å². The zero-order valence-electron chi connectivity index (χ0n) is 33.3. The predicted molar refractivity (Wildman–Crippen MR) is 219 cm³/mol. The minimum Gasteiger partial charge on any atom is -0.475 e. The molecule has 0 bridgehead atoms. The number of rotatable bonds is 16. The van der Waals surface area contributed by atoms with Gasteiger partial charge in [0.05, 0.1) is 62.6 Å². The number of sulfone groups is 1. The first kappa shape index (κ1) is 40.5. The Hall–Kier alpha value is -6.21. The fraction of sp³-hybridized carbons (Fsp3) is 0.273. The molecule has 0 saturated heterocycles. The van der Waals surface area contributed by atoms with E-state index in [4.69, 9.17) is 28.9 Å². The molecule has 0 aliphatic heterocycles. The van der Waals surface area contributed by atoms with Crippen molar-refractivity contribution >= 4 is 33.0 Å². The van der Waals surface area contributed by atoms with Gasteiger partial charge >= 0.3 is 23.4 Å². The summed E-state index contributed by atoms with van der Waals surface area (Å²) in [5.41, 5.74) is 1.30. The van der Waals surface area contributed by atoms with Crippen LogP contribution in [0.25, 0.3) is 0 Å². The molecule has 0 spiro atoms. The Morgan fingerprint density at radius 2 is 1.00 bits per heavy atom. The van der Waals surface area contributed by atoms with E-state index in [1.54, 1.807) is 50.6 Å². The highest BCUT2D eigenvalue weighted by atomic mass is 32.2. The molecule has 0 amide bonds. The number of benzene rings is 4. The van der Waals surface area contributed by atoms with Crippen LogP contribution in [0.1, 0.15) is 51.2 Å². The van der Waals surface area contributed by atoms with Crippen LogP contribution in [0.2, 0.25) is 0 Å². The molecule has 6 rings (SSSR count). The molecule has 0 radical (unpaired) electrons. The zero-order valence-corrected chi connectivity index (χ0v) is 34.1. The lowest BCUT2D eigenvalue weighted by atomic mass is 10.3. The Morgan fingerprint density at radius 1 is 0.596 bits per heavy atom. The number of hydrogen-bond donors (Lipinski definition) is 0. The lowest BCUT2D eigenvalue weighted by Crippen LogP contribution is -2.36. The maximum Gasteiger partial charge on any atom is 0.345 e. The summed E-state index contributed by atoms with van der Waals surface area (Å²) in [6.45, 7) is 6.05. The number of methoxy groups -OCH3 is 2. The third-order valence-electron chi connectivity index (χ3n) is 9.26. The first-order valence-corrected chi connectivity index (χ1v) is 20.5. The lowest BCUT2D eigenvalue weighted by molar-refractivity contribution is -0.673. The number of ether oxygens (including phenoxy) is 4. The fourth-order valence-corrected chi connectivity index (χ4v) is 7.50. The molecular formula is C44H50N6O6S+2. The number of imidazole rings is 2. The quantitative estimate of drug-likeness (QED) is 0.0553. The van der Waals surface area contributed by atoms with Crippen molar-refractivity contribution in [2.75, 3.05) is 14.2 Å². The summed E-state index contributed by atoms with van der Waals surface area (Å²) in [4.78, 5) is 9.82. The molecule has 0 fully saturated rings. The second-order valence-corrected chi connectivity index (χ2v) is 15.4. The number of nitrogens with zero attached hydrogens (tertiary/aromatic N) is 6. The molecule has 57 heavy (non-hydrogen) atoms. The van der Waals surface area contributed by atoms with Crippen LogP contribution in [0, 0.1) is 0 Å². The molecule has 2 heterocycles. The zero-order chi connectivity index (χ0) is 40.4. The first-order valence-electron chi connectivity index (χ1n) is 19.0. The summed E-state index contributed by atoms with van der Waals surface area (Å²) < 4.78 is 59.0. The third-order valence-corrected chi connectivity index (χ3v) is 11.0. The molecule has 0 aliphatic carbocycles. The Labute approximate surface area is 334 Å². The maximum atomic E-state index is 13.6. The molecule has 12 nitrogen and oxygen atoms in total. The lowest BCUT2D eigenvalue weighted by Gasteiger charge is -2.10. The molecule has 296 valence electrons. The van der Waals surface area contributed by atoms with Crippen LogP contribution < -0.4 is 18.6 Å². The molecule has 0 N–H and O–H groups in total. The molecule has 0 saturated carbocycles. The van der Waals surface area contributed by atoms with Gasteiger partial charge in [0.25, 0.3) is 0 Å². The van der Waals surface area contributed by atoms with Crippen molar-refractivity contribution in [3.63, 3.8) is 0 Å². The van der Waals surface area contributed by atoms with E-state index in [2.05, 4.69) is 23.0 Å². The molecule has 0 aliphatic rings. The topological polar surface area (TPSA) is 113 Å². The van der Waals surface area contributed by atoms with E-state index in [9.17, 15) is 8.42 Å². The van der Waals surface area contributed by atoms with Gasteiger partial charge in [0.1, 0.15) is 47.8 Å². The highest BCUT2D eigenvalue weighted by Gasteiger charge is 2.24. The van der Waals surface area contributed by atoms with Gasteiger partial charge in [-0.25, -0.2) is 36.7 Å². The number of unbranched alkanes of at least 4 members (excludes halogenated alkanes) is 2. The monoisotopic (exact) mass is 790 g/mol. The maximum absolute atomic E-state index is 13.6. The van der Waals surface area contributed by atoms with Crippen LogP contribution in [0.15, 0.2) is 142 Å². The summed E-state index contributed by atoms with van der Waals surface area (Å²) in [5.74, 6) is 4.76. The van der Waals surface area contributed by atoms with Crippen molar-refractivity contribution in [3.8, 4) is 23.0 Å². The van der Waals surface area contributed by atoms with Gasteiger partial charge in [0, 0.05) is 12.1 Å². The van der Waals surface area contributed by atoms with E-state index in [0.29, 0.717) is 46.2 Å². The van der Waals surface area contributed by atoms with Gasteiger partial charge in [0.2, 0.25) is 9.84 Å². The highest BCUT2D eigenvalue weighted by Crippen LogP contribution is 2.31. The summed E-state index contributed by atoms with van der Waals surface area (Å²) in [7, 11) is 3.33. The van der Waals surface area contributed by atoms with Crippen LogP contribution in [-0.2, 0) is 46.5 Å². The summed E-state index contributed by atoms with van der Waals surface area (Å²) in [6, 6.07) is 27.4. The second-order valence-electron chi connectivity index (χ2n) is 13.4. The van der Waals surface area contributed by atoms with Crippen molar-refractivity contribution in [3.05, 3.63) is 133 Å². The van der Waals surface area contributed by atoms with Crippen LogP contribution in [0.5, 0.6) is 23.0 Å². The average molecular weight is 791 g/mol. The Balaban J connectivity index is 1.12. The van der Waals surface area contributed by atoms with E-state index in [1.165, 1.54) is 24.3 Å². The van der Waals surface area contributed by atoms with Crippen LogP contribution >= 0.6 is 0 Å². The smallest absolute Gasteiger partial charge is 0.345 e. The van der Waals surface area contributed by atoms with Gasteiger partial charge < -0.3 is 18.9 Å². The normalized spacial score (nSPS) is 12.1. The van der Waals surface area contributed by atoms with E-state index in [-0.39, 0.29) is 9.79 Å². The fourth-order valence-electron chi connectivity index (χ4n) is 6.24. The molecular weight excluding hydrogens is 741 g/mol. The Kier molecular flexibility index (Phi) is 13.2. The van der Waals surface area contributed by atoms with E-state index >= 15 is 0 Å². The third kappa shape index (κ3) is 9.79. The van der Waals surface area contributed by atoms with Crippen molar-refractivity contribution in [1.82, 2.24) is 9.13 Å². The highest BCUT2D eigenvalue weighted by molar-refractivity contribution is 7.91. The van der Waals surface area contributed by atoms with Crippen LogP contribution in [0.3, 0.4) is 0 Å². The van der Waals surface area contributed by atoms with E-state index in [1.807, 2.05) is 84.4 Å². The number of hydrogen-bond acceptors (Lipinski definition) is 8. The van der Waals surface area contributed by atoms with Crippen molar-refractivity contribution in [1.29, 1.82) is 0 Å². The minimum atomic E-state index is -3.82. The predicted octanol–water partition coefficient (Wildman–Crippen LogP) is 8.41. The molecule has 4 aromatic carbocycles. The molecule has 0 unspecified atom stereocenters. The molecule has 6 aromatic rings. The van der Waals surface area contributed by atoms with Gasteiger partial charge in [-0.05, 0) is 85.6 Å². The second kappa shape index (κ2) is 18.6. The molecule has 0 atom stereocenters. The van der Waals surface area contributed by atoms with Gasteiger partial charge in [-0.15, -0.1) is 0 Å². The number of aromatic nitrogens is 4. The summed E-state index contributed by atoms with van der Waals surface area (Å²) in [5, 5.41) is 0. The van der Waals surface area contributed by atoms with E-state index < -0.39 is 9.84 Å². The Bertz CT molecular complexity index is 2290. The standard InChI is InChI=1S/C44H50N6O6S/c1-7-9-25-49-29-27-47(3)43(49)41(53-5)45-33-13-11-15-37(31-33)55-35-17-21-39(22-18-35)57(51,52)40-23-19-36(20-24-40)56-38-16-12-14-34(32-38)46-42(54-6)44-48(4)28-30-50(44)26-10-8-2/h11-24,27-32H,7-10,25-26H2,1-6H3/q+2/b45-41-,46-42-. The van der Waals surface area contributed by atoms with Gasteiger partial charge in [0.15, 0.2) is 0 Å². The SMILES string of the molecule is CCCCn1cc[n+](C)c1/C(=N/c1cccc(Oc2ccc(S(=O)(=O)c3ccc(Oc4cccc(/N=C(\OC)c5n(CCCC)cc[n+]5C)c4)cc3)cc2)c1)OC. The number of aliphatic imine (C=N–C) groups is 2. The minimum absolute atomic E-state index is 0.138. The van der Waals surface area contributed by atoms with Crippen molar-refractivity contribution in [2.45, 2.75) is 62.4 Å². The van der Waals surface area contributed by atoms with Crippen molar-refractivity contribution in [2.24, 2.45) is 24.1 Å². The van der Waals surface area contributed by atoms with Crippen LogP contribution in [-0.4, -0.2) is 43.6 Å². The number of aryl methyl sites for hydroxylation is 4. The first-order chi connectivity index (χ1) is 27.6. The van der Waals surface area contributed by atoms with Gasteiger partial charge in [-0.2, -0.15) is 0 Å². The summed E-state index contributed by atoms with van der Waals surface area (Å²) >= 11 is 0.